The zero-order valence-electron chi connectivity index (χ0n) is 10.7. The van der Waals surface area contributed by atoms with Crippen LogP contribution in [0.3, 0.4) is 0 Å². The number of aromatic nitrogens is 2. The Balaban J connectivity index is 2.09. The van der Waals surface area contributed by atoms with Gasteiger partial charge >= 0.3 is 0 Å². The summed E-state index contributed by atoms with van der Waals surface area (Å²) in [6.07, 6.45) is 3.76. The molecule has 3 rings (SSSR count). The van der Waals surface area contributed by atoms with E-state index in [-0.39, 0.29) is 0 Å². The smallest absolute Gasteiger partial charge is 0.228 e. The molecule has 96 valence electrons. The molecule has 0 bridgehead atoms. The molecule has 0 N–H and O–H groups in total. The van der Waals surface area contributed by atoms with E-state index in [1.807, 2.05) is 0 Å². The minimum atomic E-state index is 0.599. The average Bonchev–Trinajstić information content (AvgIpc) is 2.66. The van der Waals surface area contributed by atoms with Crippen LogP contribution in [0.5, 0.6) is 0 Å². The number of halogens is 1. The van der Waals surface area contributed by atoms with Crippen LogP contribution in [0.1, 0.15) is 29.7 Å². The number of piperidine rings is 1. The number of fused-ring (bicyclic) bond motifs is 1. The molecule has 1 aliphatic heterocycles. The van der Waals surface area contributed by atoms with Crippen molar-refractivity contribution in [3.63, 3.8) is 0 Å². The van der Waals surface area contributed by atoms with Gasteiger partial charge in [0.25, 0.3) is 0 Å². The Morgan fingerprint density at radius 1 is 1.11 bits per heavy atom. The highest BCUT2D eigenvalue weighted by Crippen LogP contribution is 2.34. The molecular formula is C13H16ClN3S. The van der Waals surface area contributed by atoms with Crippen molar-refractivity contribution in [1.82, 2.24) is 9.97 Å². The van der Waals surface area contributed by atoms with Gasteiger partial charge in [0.15, 0.2) is 0 Å². The number of anilines is 1. The van der Waals surface area contributed by atoms with E-state index in [0.29, 0.717) is 5.15 Å². The summed E-state index contributed by atoms with van der Waals surface area (Å²) in [7, 11) is 0. The fraction of sp³-hybridized carbons (Fsp3) is 0.538. The maximum atomic E-state index is 6.33. The van der Waals surface area contributed by atoms with E-state index in [0.717, 1.165) is 29.3 Å². The topological polar surface area (TPSA) is 29.0 Å². The number of nitrogens with zero attached hydrogens (tertiary/aromatic N) is 3. The van der Waals surface area contributed by atoms with Crippen LogP contribution in [0.2, 0.25) is 5.15 Å². The molecule has 0 radical (unpaired) electrons. The molecule has 3 nitrogen and oxygen atoms in total. The van der Waals surface area contributed by atoms with Crippen LogP contribution < -0.4 is 4.90 Å². The lowest BCUT2D eigenvalue weighted by Gasteiger charge is -2.26. The van der Waals surface area contributed by atoms with E-state index >= 15 is 0 Å². The van der Waals surface area contributed by atoms with Crippen LogP contribution in [0.4, 0.5) is 5.95 Å². The lowest BCUT2D eigenvalue weighted by atomic mass is 10.1. The van der Waals surface area contributed by atoms with E-state index in [1.165, 1.54) is 29.7 Å². The molecule has 0 spiro atoms. The number of rotatable bonds is 1. The van der Waals surface area contributed by atoms with Crippen LogP contribution in [0.25, 0.3) is 10.2 Å². The van der Waals surface area contributed by atoms with E-state index in [2.05, 4.69) is 23.7 Å². The van der Waals surface area contributed by atoms with Gasteiger partial charge in [-0.2, -0.15) is 0 Å². The van der Waals surface area contributed by atoms with Gasteiger partial charge < -0.3 is 4.90 Å². The van der Waals surface area contributed by atoms with Crippen molar-refractivity contribution in [2.45, 2.75) is 33.1 Å². The SMILES string of the molecule is Cc1sc2nc(N3CCCCC3)nc(Cl)c2c1C. The molecule has 1 fully saturated rings. The first-order chi connectivity index (χ1) is 8.66. The number of hydrogen-bond donors (Lipinski definition) is 0. The molecule has 0 saturated carbocycles. The quantitative estimate of drug-likeness (QED) is 0.741. The second-order valence-electron chi connectivity index (χ2n) is 4.83. The molecule has 2 aromatic heterocycles. The molecule has 2 aromatic rings. The predicted octanol–water partition coefficient (Wildman–Crippen LogP) is 3.95. The van der Waals surface area contributed by atoms with Crippen molar-refractivity contribution in [3.05, 3.63) is 15.6 Å². The molecule has 3 heterocycles. The predicted molar refractivity (Wildman–Crippen MR) is 78.0 cm³/mol. The summed E-state index contributed by atoms with van der Waals surface area (Å²) in [5.41, 5.74) is 1.21. The Hall–Kier alpha value is -0.870. The molecule has 18 heavy (non-hydrogen) atoms. The van der Waals surface area contributed by atoms with Crippen LogP contribution in [-0.4, -0.2) is 23.1 Å². The van der Waals surface area contributed by atoms with Gasteiger partial charge in [-0.25, -0.2) is 9.97 Å². The Morgan fingerprint density at radius 3 is 2.56 bits per heavy atom. The van der Waals surface area contributed by atoms with Crippen molar-refractivity contribution in [2.75, 3.05) is 18.0 Å². The molecule has 0 amide bonds. The van der Waals surface area contributed by atoms with Gasteiger partial charge in [0.05, 0.1) is 5.39 Å². The maximum Gasteiger partial charge on any atom is 0.228 e. The second kappa shape index (κ2) is 4.67. The first kappa shape index (κ1) is 12.2. The Kier molecular flexibility index (Phi) is 3.16. The summed E-state index contributed by atoms with van der Waals surface area (Å²) in [6, 6.07) is 0. The first-order valence-corrected chi connectivity index (χ1v) is 7.54. The highest BCUT2D eigenvalue weighted by molar-refractivity contribution is 7.18. The zero-order chi connectivity index (χ0) is 12.7. The minimum Gasteiger partial charge on any atom is -0.341 e. The maximum absolute atomic E-state index is 6.33. The number of hydrogen-bond acceptors (Lipinski definition) is 4. The van der Waals surface area contributed by atoms with Crippen molar-refractivity contribution < 1.29 is 0 Å². The van der Waals surface area contributed by atoms with Crippen LogP contribution in [-0.2, 0) is 0 Å². The van der Waals surface area contributed by atoms with Crippen molar-refractivity contribution in [1.29, 1.82) is 0 Å². The normalized spacial score (nSPS) is 16.5. The van der Waals surface area contributed by atoms with Crippen molar-refractivity contribution >= 4 is 39.1 Å². The van der Waals surface area contributed by atoms with E-state index in [1.54, 1.807) is 11.3 Å². The monoisotopic (exact) mass is 281 g/mol. The van der Waals surface area contributed by atoms with Crippen molar-refractivity contribution in [2.24, 2.45) is 0 Å². The minimum absolute atomic E-state index is 0.599. The first-order valence-electron chi connectivity index (χ1n) is 6.35. The fourth-order valence-electron chi connectivity index (χ4n) is 2.43. The van der Waals surface area contributed by atoms with Crippen LogP contribution in [0.15, 0.2) is 0 Å². The third-order valence-electron chi connectivity index (χ3n) is 3.61. The van der Waals surface area contributed by atoms with Gasteiger partial charge in [-0.1, -0.05) is 11.6 Å². The standard InChI is InChI=1S/C13H16ClN3S/c1-8-9(2)18-12-10(8)11(14)15-13(16-12)17-6-4-3-5-7-17/h3-7H2,1-2H3. The van der Waals surface area contributed by atoms with E-state index in [4.69, 9.17) is 16.6 Å². The molecule has 1 saturated heterocycles. The average molecular weight is 282 g/mol. The highest BCUT2D eigenvalue weighted by atomic mass is 35.5. The third-order valence-corrected chi connectivity index (χ3v) is 4.99. The van der Waals surface area contributed by atoms with Crippen molar-refractivity contribution in [3.8, 4) is 0 Å². The molecule has 0 aromatic carbocycles. The van der Waals surface area contributed by atoms with E-state index < -0.39 is 0 Å². The largest absolute Gasteiger partial charge is 0.341 e. The Labute approximate surface area is 116 Å². The second-order valence-corrected chi connectivity index (χ2v) is 6.39. The molecular weight excluding hydrogens is 266 g/mol. The summed E-state index contributed by atoms with van der Waals surface area (Å²) >= 11 is 8.04. The molecule has 5 heteroatoms. The molecule has 1 aliphatic rings. The van der Waals surface area contributed by atoms with Gasteiger partial charge in [-0.3, -0.25) is 0 Å². The summed E-state index contributed by atoms with van der Waals surface area (Å²) in [6.45, 7) is 6.29. The summed E-state index contributed by atoms with van der Waals surface area (Å²) < 4.78 is 0. The van der Waals surface area contributed by atoms with Gasteiger partial charge in [0.1, 0.15) is 9.98 Å². The van der Waals surface area contributed by atoms with E-state index in [9.17, 15) is 0 Å². The fourth-order valence-corrected chi connectivity index (χ4v) is 3.81. The van der Waals surface area contributed by atoms with Gasteiger partial charge in [0.2, 0.25) is 5.95 Å². The summed E-state index contributed by atoms with van der Waals surface area (Å²) in [4.78, 5) is 13.7. The highest BCUT2D eigenvalue weighted by Gasteiger charge is 2.18. The lowest BCUT2D eigenvalue weighted by molar-refractivity contribution is 0.569. The zero-order valence-corrected chi connectivity index (χ0v) is 12.2. The van der Waals surface area contributed by atoms with Gasteiger partial charge in [-0.05, 0) is 38.7 Å². The molecule has 0 aliphatic carbocycles. The molecule has 0 atom stereocenters. The van der Waals surface area contributed by atoms with Crippen LogP contribution in [0, 0.1) is 13.8 Å². The summed E-state index contributed by atoms with van der Waals surface area (Å²) in [5.74, 6) is 0.799. The van der Waals surface area contributed by atoms with Crippen LogP contribution >= 0.6 is 22.9 Å². The molecule has 0 unspecified atom stereocenters. The lowest BCUT2D eigenvalue weighted by Crippen LogP contribution is -2.30. The van der Waals surface area contributed by atoms with Gasteiger partial charge in [0, 0.05) is 18.0 Å². The Bertz CT molecular complexity index is 587. The van der Waals surface area contributed by atoms with Gasteiger partial charge in [-0.15, -0.1) is 11.3 Å². The summed E-state index contributed by atoms with van der Waals surface area (Å²) in [5, 5.41) is 1.63. The number of aryl methyl sites for hydroxylation is 2. The third kappa shape index (κ3) is 1.97. The number of thiophene rings is 1. The Morgan fingerprint density at radius 2 is 1.83 bits per heavy atom.